The van der Waals surface area contributed by atoms with Crippen LogP contribution in [-0.2, 0) is 0 Å². The van der Waals surface area contributed by atoms with Gasteiger partial charge in [-0.2, -0.15) is 0 Å². The third-order valence-electron chi connectivity index (χ3n) is 0.763. The summed E-state index contributed by atoms with van der Waals surface area (Å²) >= 11 is 2.16. The lowest BCUT2D eigenvalue weighted by atomic mass is 11.0. The number of hydrogen-bond acceptors (Lipinski definition) is 5. The second kappa shape index (κ2) is 3.11. The Morgan fingerprint density at radius 3 is 2.56 bits per heavy atom. The number of hydrogen-bond donors (Lipinski definition) is 3. The van der Waals surface area contributed by atoms with Crippen LogP contribution in [0.3, 0.4) is 0 Å². The molecular formula is C3H6N4S2. The van der Waals surface area contributed by atoms with Gasteiger partial charge < -0.3 is 4.98 Å². The Kier molecular flexibility index (Phi) is 2.40. The zero-order valence-electron chi connectivity index (χ0n) is 4.50. The molecule has 0 saturated carbocycles. The van der Waals surface area contributed by atoms with Gasteiger partial charge in [0.15, 0.2) is 5.16 Å². The molecule has 0 aliphatic heterocycles. The third-order valence-corrected chi connectivity index (χ3v) is 1.65. The van der Waals surface area contributed by atoms with Crippen molar-refractivity contribution in [1.29, 1.82) is 0 Å². The van der Waals surface area contributed by atoms with Crippen LogP contribution in [0.15, 0.2) is 16.4 Å². The van der Waals surface area contributed by atoms with Gasteiger partial charge in [0, 0.05) is 6.20 Å². The van der Waals surface area contributed by atoms with E-state index in [0.29, 0.717) is 5.16 Å². The van der Waals surface area contributed by atoms with Crippen molar-refractivity contribution in [2.45, 2.75) is 10.2 Å². The van der Waals surface area contributed by atoms with Crippen molar-refractivity contribution < 1.29 is 0 Å². The molecular weight excluding hydrogens is 156 g/mol. The molecule has 1 rings (SSSR count). The van der Waals surface area contributed by atoms with Gasteiger partial charge in [0.1, 0.15) is 5.03 Å². The Morgan fingerprint density at radius 2 is 2.22 bits per heavy atom. The van der Waals surface area contributed by atoms with Crippen LogP contribution in [-0.4, -0.2) is 9.97 Å². The van der Waals surface area contributed by atoms with Crippen LogP contribution in [0.4, 0.5) is 0 Å². The first kappa shape index (κ1) is 6.94. The molecule has 1 aromatic heterocycles. The van der Waals surface area contributed by atoms with Crippen LogP contribution >= 0.6 is 23.9 Å². The summed E-state index contributed by atoms with van der Waals surface area (Å²) in [5, 5.41) is 11.8. The highest BCUT2D eigenvalue weighted by molar-refractivity contribution is 7.97. The van der Waals surface area contributed by atoms with Gasteiger partial charge in [-0.1, -0.05) is 0 Å². The van der Waals surface area contributed by atoms with E-state index in [1.165, 1.54) is 0 Å². The summed E-state index contributed by atoms with van der Waals surface area (Å²) in [6.45, 7) is 0. The Labute approximate surface area is 61.1 Å². The maximum Gasteiger partial charge on any atom is 0.181 e. The molecule has 0 spiro atoms. The third kappa shape index (κ3) is 1.62. The van der Waals surface area contributed by atoms with E-state index in [2.05, 4.69) is 9.97 Å². The van der Waals surface area contributed by atoms with Gasteiger partial charge in [-0.25, -0.2) is 4.98 Å². The Balaban J connectivity index is 2.74. The van der Waals surface area contributed by atoms with E-state index in [9.17, 15) is 0 Å². The van der Waals surface area contributed by atoms with Crippen LogP contribution in [0.1, 0.15) is 0 Å². The summed E-state index contributed by atoms with van der Waals surface area (Å²) in [7, 11) is 0. The van der Waals surface area contributed by atoms with Crippen molar-refractivity contribution in [2.24, 2.45) is 10.3 Å². The lowest BCUT2D eigenvalue weighted by molar-refractivity contribution is 1.02. The zero-order chi connectivity index (χ0) is 6.69. The molecule has 1 aromatic rings. The molecule has 1 heterocycles. The molecule has 0 saturated heterocycles. The molecule has 0 fully saturated rings. The summed E-state index contributed by atoms with van der Waals surface area (Å²) in [6, 6.07) is 0. The van der Waals surface area contributed by atoms with E-state index in [1.807, 2.05) is 0 Å². The van der Waals surface area contributed by atoms with Crippen LogP contribution < -0.4 is 10.3 Å². The smallest absolute Gasteiger partial charge is 0.181 e. The first-order valence-electron chi connectivity index (χ1n) is 2.15. The van der Waals surface area contributed by atoms with E-state index >= 15 is 0 Å². The molecule has 0 atom stereocenters. The van der Waals surface area contributed by atoms with Crippen LogP contribution in [0.5, 0.6) is 0 Å². The second-order valence-electron chi connectivity index (χ2n) is 1.28. The van der Waals surface area contributed by atoms with Gasteiger partial charge in [-0.3, -0.25) is 10.3 Å². The fraction of sp³-hybridized carbons (Fsp3) is 0. The average molecular weight is 162 g/mol. The SMILES string of the molecule is NSc1c[nH]c(SN)n1. The number of H-pyrrole nitrogens is 1. The molecule has 6 heteroatoms. The lowest BCUT2D eigenvalue weighted by Crippen LogP contribution is -1.81. The fourth-order valence-corrected chi connectivity index (χ4v) is 1.02. The van der Waals surface area contributed by atoms with E-state index in [4.69, 9.17) is 10.3 Å². The van der Waals surface area contributed by atoms with Crippen molar-refractivity contribution in [2.75, 3.05) is 0 Å². The number of rotatable bonds is 2. The molecule has 0 radical (unpaired) electrons. The summed E-state index contributed by atoms with van der Waals surface area (Å²) in [5.74, 6) is 0. The molecule has 9 heavy (non-hydrogen) atoms. The maximum atomic E-state index is 5.20. The van der Waals surface area contributed by atoms with E-state index in [0.717, 1.165) is 28.9 Å². The van der Waals surface area contributed by atoms with E-state index in [-0.39, 0.29) is 0 Å². The number of aromatic amines is 1. The Morgan fingerprint density at radius 1 is 1.44 bits per heavy atom. The molecule has 0 aromatic carbocycles. The average Bonchev–Trinajstić information content (AvgIpc) is 2.34. The lowest BCUT2D eigenvalue weighted by Gasteiger charge is -1.82. The number of imidazole rings is 1. The molecule has 4 nitrogen and oxygen atoms in total. The van der Waals surface area contributed by atoms with E-state index < -0.39 is 0 Å². The highest BCUT2D eigenvalue weighted by Gasteiger charge is 1.96. The quantitative estimate of drug-likeness (QED) is 0.546. The molecule has 50 valence electrons. The maximum absolute atomic E-state index is 5.20. The van der Waals surface area contributed by atoms with Gasteiger partial charge in [0.2, 0.25) is 0 Å². The fourth-order valence-electron chi connectivity index (χ4n) is 0.409. The Hall–Kier alpha value is -0.170. The van der Waals surface area contributed by atoms with Crippen molar-refractivity contribution in [3.63, 3.8) is 0 Å². The molecule has 0 aliphatic rings. The van der Waals surface area contributed by atoms with Crippen molar-refractivity contribution in [1.82, 2.24) is 9.97 Å². The normalized spacial score (nSPS) is 10.0. The van der Waals surface area contributed by atoms with Gasteiger partial charge in [0.25, 0.3) is 0 Å². The monoisotopic (exact) mass is 162 g/mol. The molecule has 0 amide bonds. The van der Waals surface area contributed by atoms with E-state index in [1.54, 1.807) is 6.20 Å². The van der Waals surface area contributed by atoms with Gasteiger partial charge in [-0.05, 0) is 23.9 Å². The number of nitrogens with one attached hydrogen (secondary N) is 1. The van der Waals surface area contributed by atoms with Crippen LogP contribution in [0.25, 0.3) is 0 Å². The second-order valence-corrected chi connectivity index (χ2v) is 2.56. The minimum absolute atomic E-state index is 0.683. The van der Waals surface area contributed by atoms with Gasteiger partial charge >= 0.3 is 0 Å². The highest BCUT2D eigenvalue weighted by atomic mass is 32.2. The minimum atomic E-state index is 0.683. The summed E-state index contributed by atoms with van der Waals surface area (Å²) in [5.41, 5.74) is 0. The van der Waals surface area contributed by atoms with Crippen molar-refractivity contribution in [3.05, 3.63) is 6.20 Å². The predicted molar refractivity (Wildman–Crippen MR) is 38.7 cm³/mol. The number of nitrogens with two attached hydrogens (primary N) is 2. The van der Waals surface area contributed by atoms with Crippen LogP contribution in [0.2, 0.25) is 0 Å². The van der Waals surface area contributed by atoms with Gasteiger partial charge in [-0.15, -0.1) is 0 Å². The number of aromatic nitrogens is 2. The molecule has 0 unspecified atom stereocenters. The Bertz CT molecular complexity index is 167. The first-order valence-corrected chi connectivity index (χ1v) is 3.91. The highest BCUT2D eigenvalue weighted by Crippen LogP contribution is 2.11. The molecule has 5 N–H and O–H groups in total. The summed E-state index contributed by atoms with van der Waals surface area (Å²) < 4.78 is 0. The van der Waals surface area contributed by atoms with Crippen LogP contribution in [0, 0.1) is 0 Å². The zero-order valence-corrected chi connectivity index (χ0v) is 6.13. The largest absolute Gasteiger partial charge is 0.337 e. The summed E-state index contributed by atoms with van der Waals surface area (Å²) in [4.78, 5) is 6.80. The standard InChI is InChI=1S/C3H6N4S2/c4-8-2-1-6-3(7-2)9-5/h1H,4-5H2,(H,6,7). The van der Waals surface area contributed by atoms with Crippen molar-refractivity contribution >= 4 is 23.9 Å². The molecule has 0 aliphatic carbocycles. The van der Waals surface area contributed by atoms with Crippen molar-refractivity contribution in [3.8, 4) is 0 Å². The molecule has 0 bridgehead atoms. The summed E-state index contributed by atoms with van der Waals surface area (Å²) in [6.07, 6.45) is 1.71. The predicted octanol–water partition coefficient (Wildman–Crippen LogP) is 0.341. The topological polar surface area (TPSA) is 80.7 Å². The first-order chi connectivity index (χ1) is 4.36. The minimum Gasteiger partial charge on any atom is -0.337 e. The van der Waals surface area contributed by atoms with Gasteiger partial charge in [0.05, 0.1) is 0 Å². The number of nitrogens with zero attached hydrogens (tertiary/aromatic N) is 1.